The Morgan fingerprint density at radius 1 is 1.00 bits per heavy atom. The highest BCUT2D eigenvalue weighted by Gasteiger charge is 2.51. The van der Waals surface area contributed by atoms with Gasteiger partial charge in [0.25, 0.3) is 0 Å². The van der Waals surface area contributed by atoms with Gasteiger partial charge in [0.2, 0.25) is 0 Å². The summed E-state index contributed by atoms with van der Waals surface area (Å²) in [5.41, 5.74) is 3.20. The molecule has 0 spiro atoms. The Kier molecular flexibility index (Phi) is 4.11. The van der Waals surface area contributed by atoms with Crippen LogP contribution in [-0.2, 0) is 14.0 Å². The molecule has 1 aromatic carbocycles. The van der Waals surface area contributed by atoms with E-state index in [1.165, 1.54) is 11.1 Å². The second-order valence-corrected chi connectivity index (χ2v) is 8.53. The van der Waals surface area contributed by atoms with Crippen LogP contribution >= 0.6 is 0 Å². The lowest BCUT2D eigenvalue weighted by molar-refractivity contribution is -0.0221. The van der Waals surface area contributed by atoms with Gasteiger partial charge in [0, 0.05) is 6.04 Å². The first-order valence-electron chi connectivity index (χ1n) is 9.23. The minimum absolute atomic E-state index is 0.293. The fourth-order valence-corrected chi connectivity index (χ4v) is 3.80. The van der Waals surface area contributed by atoms with Crippen LogP contribution in [0.1, 0.15) is 39.7 Å². The van der Waals surface area contributed by atoms with Crippen molar-refractivity contribution in [2.45, 2.75) is 57.4 Å². The first-order chi connectivity index (χ1) is 11.8. The van der Waals surface area contributed by atoms with E-state index in [2.05, 4.69) is 70.0 Å². The van der Waals surface area contributed by atoms with Gasteiger partial charge in [-0.3, -0.25) is 4.90 Å². The second-order valence-electron chi connectivity index (χ2n) is 8.53. The van der Waals surface area contributed by atoms with E-state index in [1.54, 1.807) is 0 Å². The minimum atomic E-state index is -0.301. The number of morpholine rings is 1. The fourth-order valence-electron chi connectivity index (χ4n) is 3.80. The van der Waals surface area contributed by atoms with Crippen LogP contribution in [0.3, 0.4) is 0 Å². The van der Waals surface area contributed by atoms with E-state index in [9.17, 15) is 0 Å². The zero-order valence-electron chi connectivity index (χ0n) is 15.9. The van der Waals surface area contributed by atoms with Gasteiger partial charge in [-0.2, -0.15) is 0 Å². The number of hydrogen-bond donors (Lipinski definition) is 0. The molecule has 3 aliphatic rings. The van der Waals surface area contributed by atoms with Crippen LogP contribution in [0.5, 0.6) is 0 Å². The molecule has 0 radical (unpaired) electrons. The molecule has 2 saturated heterocycles. The lowest BCUT2D eigenvalue weighted by atomic mass is 9.78. The maximum absolute atomic E-state index is 6.15. The third-order valence-corrected chi connectivity index (χ3v) is 6.35. The van der Waals surface area contributed by atoms with Crippen LogP contribution < -0.4 is 5.46 Å². The highest BCUT2D eigenvalue weighted by Crippen LogP contribution is 2.37. The molecule has 5 heteroatoms. The van der Waals surface area contributed by atoms with Crippen LogP contribution in [0.15, 0.2) is 30.3 Å². The second kappa shape index (κ2) is 5.95. The highest BCUT2D eigenvalue weighted by molar-refractivity contribution is 6.62. The van der Waals surface area contributed by atoms with Gasteiger partial charge in [-0.05, 0) is 57.8 Å². The van der Waals surface area contributed by atoms with Gasteiger partial charge in [-0.25, -0.2) is 0 Å². The summed E-state index contributed by atoms with van der Waals surface area (Å²) in [6.07, 6.45) is 3.41. The molecule has 1 aromatic rings. The average molecular weight is 341 g/mol. The van der Waals surface area contributed by atoms with Crippen LogP contribution in [0.2, 0.25) is 0 Å². The van der Waals surface area contributed by atoms with Crippen molar-refractivity contribution in [3.63, 3.8) is 0 Å². The molecule has 4 rings (SSSR count). The van der Waals surface area contributed by atoms with Crippen LogP contribution in [-0.4, -0.2) is 55.6 Å². The van der Waals surface area contributed by atoms with E-state index in [1.807, 2.05) is 0 Å². The molecule has 3 aliphatic heterocycles. The number of ether oxygens (including phenoxy) is 1. The first kappa shape index (κ1) is 17.3. The summed E-state index contributed by atoms with van der Waals surface area (Å²) < 4.78 is 18.0. The molecular weight excluding hydrogens is 313 g/mol. The summed E-state index contributed by atoms with van der Waals surface area (Å²) in [4.78, 5) is 2.44. The molecule has 0 amide bonds. The van der Waals surface area contributed by atoms with Crippen molar-refractivity contribution in [1.29, 1.82) is 0 Å². The fraction of sp³-hybridized carbons (Fsp3) is 0.600. The van der Waals surface area contributed by atoms with E-state index in [-0.39, 0.29) is 18.3 Å². The monoisotopic (exact) mass is 341 g/mol. The summed E-state index contributed by atoms with van der Waals surface area (Å²) in [5, 5.41) is 0. The zero-order valence-corrected chi connectivity index (χ0v) is 15.9. The molecule has 2 unspecified atom stereocenters. The predicted molar refractivity (Wildman–Crippen MR) is 101 cm³/mol. The van der Waals surface area contributed by atoms with Gasteiger partial charge in [0.1, 0.15) is 0 Å². The third-order valence-electron chi connectivity index (χ3n) is 6.35. The van der Waals surface area contributed by atoms with E-state index >= 15 is 0 Å². The van der Waals surface area contributed by atoms with Gasteiger partial charge in [-0.1, -0.05) is 30.3 Å². The summed E-state index contributed by atoms with van der Waals surface area (Å²) in [7, 11) is 1.91. The number of nitrogens with zero attached hydrogens (tertiary/aromatic N) is 1. The van der Waals surface area contributed by atoms with Gasteiger partial charge >= 0.3 is 7.12 Å². The predicted octanol–water partition coefficient (Wildman–Crippen LogP) is 2.47. The number of benzene rings is 1. The summed E-state index contributed by atoms with van der Waals surface area (Å²) in [6.45, 7) is 9.98. The largest absolute Gasteiger partial charge is 0.494 e. The molecule has 25 heavy (non-hydrogen) atoms. The molecule has 0 N–H and O–H groups in total. The zero-order chi connectivity index (χ0) is 17.8. The topological polar surface area (TPSA) is 30.9 Å². The lowest BCUT2D eigenvalue weighted by Gasteiger charge is -2.42. The molecule has 4 nitrogen and oxygen atoms in total. The van der Waals surface area contributed by atoms with Crippen LogP contribution in [0.4, 0.5) is 0 Å². The van der Waals surface area contributed by atoms with Crippen molar-refractivity contribution < 1.29 is 14.0 Å². The Hall–Kier alpha value is -1.14. The first-order valence-corrected chi connectivity index (χ1v) is 9.23. The van der Waals surface area contributed by atoms with Crippen molar-refractivity contribution >= 4 is 18.2 Å². The molecule has 134 valence electrons. The van der Waals surface area contributed by atoms with Crippen molar-refractivity contribution in [3.8, 4) is 0 Å². The Balaban J connectivity index is 1.54. The molecular formula is C20H28BNO3. The van der Waals surface area contributed by atoms with Gasteiger partial charge in [0.05, 0.1) is 30.5 Å². The van der Waals surface area contributed by atoms with E-state index in [0.717, 1.165) is 25.1 Å². The maximum Gasteiger partial charge on any atom is 0.494 e. The Morgan fingerprint density at radius 2 is 1.64 bits per heavy atom. The standard InChI is InChI=1S/C20H28BNO3/c1-19(2)20(3,4)25-21(24-19)16-8-6-14(7-9-16)15-10-17-12-23-13-18(11-15)22(17)5/h6-10,17-18H,11-13H2,1-5H3. The van der Waals surface area contributed by atoms with Crippen molar-refractivity contribution in [3.05, 3.63) is 35.9 Å². The SMILES string of the molecule is CN1C2C=C(c3ccc(B4OC(C)(C)C(C)(C)O4)cc3)CC1COC2. The quantitative estimate of drug-likeness (QED) is 0.774. The molecule has 0 aromatic heterocycles. The molecule has 0 aliphatic carbocycles. The van der Waals surface area contributed by atoms with E-state index in [0.29, 0.717) is 12.1 Å². The number of likely N-dealkylation sites (N-methyl/N-ethyl adjacent to an activating group) is 1. The summed E-state index contributed by atoms with van der Waals surface area (Å²) in [6, 6.07) is 9.57. The van der Waals surface area contributed by atoms with Gasteiger partial charge < -0.3 is 14.0 Å². The van der Waals surface area contributed by atoms with E-state index in [4.69, 9.17) is 14.0 Å². The maximum atomic E-state index is 6.15. The normalized spacial score (nSPS) is 31.1. The number of rotatable bonds is 2. The van der Waals surface area contributed by atoms with Crippen LogP contribution in [0, 0.1) is 0 Å². The molecule has 3 heterocycles. The smallest absolute Gasteiger partial charge is 0.399 e. The number of hydrogen-bond acceptors (Lipinski definition) is 4. The molecule has 0 saturated carbocycles. The van der Waals surface area contributed by atoms with Crippen molar-refractivity contribution in [1.82, 2.24) is 4.90 Å². The summed E-state index contributed by atoms with van der Waals surface area (Å²) >= 11 is 0. The third kappa shape index (κ3) is 2.97. The Morgan fingerprint density at radius 3 is 2.24 bits per heavy atom. The van der Waals surface area contributed by atoms with Crippen molar-refractivity contribution in [2.75, 3.05) is 20.3 Å². The molecule has 2 atom stereocenters. The van der Waals surface area contributed by atoms with Crippen molar-refractivity contribution in [2.24, 2.45) is 0 Å². The Labute approximate surface area is 151 Å². The highest BCUT2D eigenvalue weighted by atomic mass is 16.7. The molecule has 2 bridgehead atoms. The van der Waals surface area contributed by atoms with Gasteiger partial charge in [0.15, 0.2) is 0 Å². The Bertz CT molecular complexity index is 667. The lowest BCUT2D eigenvalue weighted by Crippen LogP contribution is -2.51. The average Bonchev–Trinajstić information content (AvgIpc) is 2.75. The van der Waals surface area contributed by atoms with E-state index < -0.39 is 0 Å². The molecule has 2 fully saturated rings. The van der Waals surface area contributed by atoms with Crippen LogP contribution in [0.25, 0.3) is 5.57 Å². The minimum Gasteiger partial charge on any atom is -0.399 e. The number of fused-ring (bicyclic) bond motifs is 2. The van der Waals surface area contributed by atoms with Gasteiger partial charge in [-0.15, -0.1) is 0 Å². The summed E-state index contributed by atoms with van der Waals surface area (Å²) in [5.74, 6) is 0.